The smallest absolute Gasteiger partial charge is 0.123 e. The van der Waals surface area contributed by atoms with Gasteiger partial charge < -0.3 is 0 Å². The molecule has 50 valence electrons. The second-order valence-electron chi connectivity index (χ2n) is 2.26. The van der Waals surface area contributed by atoms with Crippen molar-refractivity contribution < 1.29 is 0 Å². The first-order valence-corrected chi connectivity index (χ1v) is 3.78. The van der Waals surface area contributed by atoms with Crippen LogP contribution in [0.3, 0.4) is 0 Å². The van der Waals surface area contributed by atoms with E-state index in [0.717, 1.165) is 6.42 Å². The van der Waals surface area contributed by atoms with Crippen molar-refractivity contribution in [2.45, 2.75) is 25.0 Å². The predicted octanol–water partition coefficient (Wildman–Crippen LogP) is 1.92. The molecule has 1 atom stereocenters. The van der Waals surface area contributed by atoms with Gasteiger partial charge in [0.25, 0.3) is 0 Å². The monoisotopic (exact) mass is 142 g/mol. The van der Waals surface area contributed by atoms with E-state index in [4.69, 9.17) is 0 Å². The largest absolute Gasteiger partial charge is 0.247 e. The van der Waals surface area contributed by atoms with Gasteiger partial charge in [0.2, 0.25) is 0 Å². The van der Waals surface area contributed by atoms with E-state index in [9.17, 15) is 0 Å². The van der Waals surface area contributed by atoms with E-state index in [2.05, 4.69) is 23.2 Å². The molecule has 0 fully saturated rings. The van der Waals surface area contributed by atoms with Crippen LogP contribution < -0.4 is 0 Å². The van der Waals surface area contributed by atoms with Crippen LogP contribution in [0.2, 0.25) is 0 Å². The molecule has 0 spiro atoms. The van der Waals surface area contributed by atoms with Crippen LogP contribution in [-0.4, -0.2) is 17.3 Å². The highest BCUT2D eigenvalue weighted by Gasteiger charge is 2.21. The Hall–Kier alpha value is -0.310. The fourth-order valence-electron chi connectivity index (χ4n) is 0.542. The molecule has 0 amide bonds. The summed E-state index contributed by atoms with van der Waals surface area (Å²) in [6.45, 7) is 4.28. The Morgan fingerprint density at radius 1 is 1.67 bits per heavy atom. The van der Waals surface area contributed by atoms with Crippen LogP contribution in [0.4, 0.5) is 0 Å². The van der Waals surface area contributed by atoms with Crippen LogP contribution in [0.15, 0.2) is 9.39 Å². The van der Waals surface area contributed by atoms with E-state index in [1.165, 1.54) is 0 Å². The van der Waals surface area contributed by atoms with Crippen molar-refractivity contribution in [2.75, 3.05) is 0 Å². The topological polar surface area (TPSA) is 24.7 Å². The molecule has 0 radical (unpaired) electrons. The first-order chi connectivity index (χ1) is 4.27. The Morgan fingerprint density at radius 3 is 2.78 bits per heavy atom. The van der Waals surface area contributed by atoms with Gasteiger partial charge in [-0.1, -0.05) is 6.92 Å². The predicted molar refractivity (Wildman–Crippen MR) is 43.3 cm³/mol. The molecule has 1 aliphatic rings. The highest BCUT2D eigenvalue weighted by molar-refractivity contribution is 8.00. The fraction of sp³-hybridized carbons (Fsp3) is 0.667. The van der Waals surface area contributed by atoms with Crippen molar-refractivity contribution >= 4 is 24.5 Å². The van der Waals surface area contributed by atoms with Crippen molar-refractivity contribution in [3.63, 3.8) is 0 Å². The molecule has 0 saturated heterocycles. The lowest BCUT2D eigenvalue weighted by atomic mass is 10.1. The van der Waals surface area contributed by atoms with Gasteiger partial charge >= 0.3 is 0 Å². The Bertz CT molecular complexity index is 153. The molecule has 0 saturated carbocycles. The summed E-state index contributed by atoms with van der Waals surface area (Å²) >= 11 is 1.59. The van der Waals surface area contributed by atoms with E-state index in [1.807, 2.05) is 6.21 Å². The van der Waals surface area contributed by atoms with Gasteiger partial charge in [-0.2, -0.15) is 0 Å². The van der Waals surface area contributed by atoms with Gasteiger partial charge in [0.15, 0.2) is 0 Å². The van der Waals surface area contributed by atoms with E-state index in [0.29, 0.717) is 0 Å². The first kappa shape index (κ1) is 6.81. The molecular formula is C6H10N2S. The van der Waals surface area contributed by atoms with E-state index in [-0.39, 0.29) is 4.75 Å². The zero-order valence-electron chi connectivity index (χ0n) is 5.66. The number of hydrogen-bond acceptors (Lipinski definition) is 3. The number of nitrogens with zero attached hydrogens (tertiary/aromatic N) is 2. The van der Waals surface area contributed by atoms with Crippen molar-refractivity contribution in [1.29, 1.82) is 0 Å². The molecule has 9 heavy (non-hydrogen) atoms. The van der Waals surface area contributed by atoms with Crippen LogP contribution in [0, 0.1) is 0 Å². The Labute approximate surface area is 59.6 Å². The van der Waals surface area contributed by atoms with Crippen molar-refractivity contribution in [1.82, 2.24) is 0 Å². The average molecular weight is 142 g/mol. The summed E-state index contributed by atoms with van der Waals surface area (Å²) in [6.07, 6.45) is 4.62. The molecule has 3 heteroatoms. The second kappa shape index (κ2) is 2.52. The van der Waals surface area contributed by atoms with E-state index < -0.39 is 0 Å². The average Bonchev–Trinajstić information content (AvgIpc) is 1.90. The van der Waals surface area contributed by atoms with Gasteiger partial charge in [0.05, 0.1) is 4.75 Å². The summed E-state index contributed by atoms with van der Waals surface area (Å²) in [5.74, 6) is 0. The molecule has 0 N–H and O–H groups in total. The lowest BCUT2D eigenvalue weighted by Crippen LogP contribution is -2.21. The van der Waals surface area contributed by atoms with E-state index >= 15 is 0 Å². The van der Waals surface area contributed by atoms with Gasteiger partial charge in [-0.05, 0) is 25.3 Å². The van der Waals surface area contributed by atoms with Gasteiger partial charge in [0, 0.05) is 6.21 Å². The molecule has 1 heterocycles. The van der Waals surface area contributed by atoms with E-state index in [1.54, 1.807) is 18.3 Å². The fourth-order valence-corrected chi connectivity index (χ4v) is 1.12. The number of rotatable bonds is 1. The summed E-state index contributed by atoms with van der Waals surface area (Å²) in [5, 5.41) is 0. The van der Waals surface area contributed by atoms with Gasteiger partial charge in [-0.25, -0.2) is 9.39 Å². The molecule has 2 nitrogen and oxygen atoms in total. The molecule has 1 aliphatic heterocycles. The van der Waals surface area contributed by atoms with Crippen molar-refractivity contribution in [3.8, 4) is 0 Å². The standard InChI is InChI=1S/C6H10N2S/c1-3-6(2)4-7-5-8-9-6/h4-5H,3H2,1-2H3. The third kappa shape index (κ3) is 1.55. The maximum atomic E-state index is 3.99. The first-order valence-electron chi connectivity index (χ1n) is 3.01. The molecule has 0 aromatic heterocycles. The molecule has 0 aromatic rings. The third-order valence-corrected chi connectivity index (χ3v) is 2.44. The molecule has 1 rings (SSSR count). The Balaban J connectivity index is 2.63. The normalized spacial score (nSPS) is 33.1. The van der Waals surface area contributed by atoms with Crippen LogP contribution in [0.5, 0.6) is 0 Å². The zero-order valence-corrected chi connectivity index (χ0v) is 6.48. The van der Waals surface area contributed by atoms with Crippen LogP contribution in [0.25, 0.3) is 0 Å². The van der Waals surface area contributed by atoms with Crippen LogP contribution >= 0.6 is 11.9 Å². The number of hydrogen-bond donors (Lipinski definition) is 0. The quantitative estimate of drug-likeness (QED) is 0.513. The maximum absolute atomic E-state index is 3.99. The van der Waals surface area contributed by atoms with Crippen molar-refractivity contribution in [2.24, 2.45) is 9.39 Å². The summed E-state index contributed by atoms with van der Waals surface area (Å²) in [6, 6.07) is 0. The molecule has 0 aromatic carbocycles. The minimum Gasteiger partial charge on any atom is -0.247 e. The van der Waals surface area contributed by atoms with Crippen molar-refractivity contribution in [3.05, 3.63) is 0 Å². The third-order valence-electron chi connectivity index (χ3n) is 1.42. The zero-order chi connectivity index (χ0) is 6.74. The molecule has 0 aliphatic carbocycles. The van der Waals surface area contributed by atoms with Gasteiger partial charge in [0.1, 0.15) is 6.34 Å². The lowest BCUT2D eigenvalue weighted by molar-refractivity contribution is 0.808. The van der Waals surface area contributed by atoms with Crippen LogP contribution in [-0.2, 0) is 0 Å². The molecular weight excluding hydrogens is 132 g/mol. The summed E-state index contributed by atoms with van der Waals surface area (Å²) in [7, 11) is 0. The molecule has 0 bridgehead atoms. The summed E-state index contributed by atoms with van der Waals surface area (Å²) in [4.78, 5) is 3.96. The highest BCUT2D eigenvalue weighted by Crippen LogP contribution is 2.28. The maximum Gasteiger partial charge on any atom is 0.123 e. The highest BCUT2D eigenvalue weighted by atomic mass is 32.2. The minimum atomic E-state index is 0.148. The second-order valence-corrected chi connectivity index (χ2v) is 3.58. The Morgan fingerprint density at radius 2 is 2.44 bits per heavy atom. The number of aliphatic imine (C=N–C) groups is 1. The Kier molecular flexibility index (Phi) is 1.90. The van der Waals surface area contributed by atoms with Crippen LogP contribution in [0.1, 0.15) is 20.3 Å². The summed E-state index contributed by atoms with van der Waals surface area (Å²) < 4.78 is 4.14. The SMILES string of the molecule is CCC1(C)C=NC=NS1. The minimum absolute atomic E-state index is 0.148. The van der Waals surface area contributed by atoms with Gasteiger partial charge in [-0.15, -0.1) is 0 Å². The lowest BCUT2D eigenvalue weighted by Gasteiger charge is -2.20. The summed E-state index contributed by atoms with van der Waals surface area (Å²) in [5.41, 5.74) is 0. The van der Waals surface area contributed by atoms with Gasteiger partial charge in [-0.3, -0.25) is 0 Å². The molecule has 1 unspecified atom stereocenters.